The second-order valence-electron chi connectivity index (χ2n) is 15.2. The second-order valence-corrected chi connectivity index (χ2v) is 15.2. The Balaban J connectivity index is 4.37. The summed E-state index contributed by atoms with van der Waals surface area (Å²) in [4.78, 5) is 25.3. The van der Waals surface area contributed by atoms with Crippen LogP contribution in [0.15, 0.2) is 97.2 Å². The van der Waals surface area contributed by atoms with Gasteiger partial charge in [0.1, 0.15) is 6.61 Å². The summed E-state index contributed by atoms with van der Waals surface area (Å²) in [5.41, 5.74) is 0. The SMILES string of the molecule is CC/C=C\C/C=C\C/C=C\C/C=C\CCC(=O)OC(COCCCCCCCC/C=C\CCCC)COC(=O)CCCCCCCCC/C=C\C/C=C\C/C=C\CC. The first-order chi connectivity index (χ1) is 28.6. The molecule has 58 heavy (non-hydrogen) atoms. The molecule has 1 unspecified atom stereocenters. The van der Waals surface area contributed by atoms with E-state index >= 15 is 0 Å². The molecule has 1 atom stereocenters. The van der Waals surface area contributed by atoms with Crippen LogP contribution in [-0.4, -0.2) is 37.9 Å². The molecule has 5 nitrogen and oxygen atoms in total. The predicted octanol–water partition coefficient (Wildman–Crippen LogP) is 15.9. The van der Waals surface area contributed by atoms with Crippen molar-refractivity contribution >= 4 is 11.9 Å². The van der Waals surface area contributed by atoms with Gasteiger partial charge in [0.25, 0.3) is 0 Å². The standard InChI is InChI=1S/C53H88O5/c1-4-7-10-13-16-19-22-25-26-27-28-30-31-34-37-40-43-46-52(54)57-50-51(49-56-48-45-42-39-36-33-24-21-18-15-12-9-6-3)58-53(55)47-44-41-38-35-32-29-23-20-17-14-11-8-5-2/h7-8,10-11,15-20,25-26,29,32,38,41,51H,4-6,9,12-14,21-24,27-28,30-31,33-37,39-40,42-50H2,1-3H3/b10-7-,11-8-,18-15-,19-16-,20-17-,26-25-,32-29-,41-38-. The van der Waals surface area contributed by atoms with E-state index in [4.69, 9.17) is 14.2 Å². The van der Waals surface area contributed by atoms with E-state index in [-0.39, 0.29) is 25.2 Å². The summed E-state index contributed by atoms with van der Waals surface area (Å²) in [6.45, 7) is 7.45. The van der Waals surface area contributed by atoms with Gasteiger partial charge in [0.15, 0.2) is 6.10 Å². The molecule has 0 radical (unpaired) electrons. The minimum Gasteiger partial charge on any atom is -0.462 e. The van der Waals surface area contributed by atoms with Crippen LogP contribution in [0.1, 0.15) is 201 Å². The van der Waals surface area contributed by atoms with Gasteiger partial charge in [-0.1, -0.05) is 189 Å². The van der Waals surface area contributed by atoms with E-state index in [0.717, 1.165) is 83.5 Å². The first kappa shape index (κ1) is 54.8. The summed E-state index contributed by atoms with van der Waals surface area (Å²) in [5, 5.41) is 0. The molecule has 5 heteroatoms. The molecule has 0 rings (SSSR count). The maximum absolute atomic E-state index is 12.7. The van der Waals surface area contributed by atoms with Gasteiger partial charge in [0, 0.05) is 19.4 Å². The van der Waals surface area contributed by atoms with Crippen LogP contribution >= 0.6 is 0 Å². The van der Waals surface area contributed by atoms with Gasteiger partial charge in [0.05, 0.1) is 6.61 Å². The molecule has 0 heterocycles. The molecule has 330 valence electrons. The Morgan fingerprint density at radius 2 is 0.810 bits per heavy atom. The fraction of sp³-hybridized carbons (Fsp3) is 0.660. The Morgan fingerprint density at radius 3 is 1.33 bits per heavy atom. The number of carbonyl (C=O) groups excluding carboxylic acids is 2. The van der Waals surface area contributed by atoms with Gasteiger partial charge in [0.2, 0.25) is 0 Å². The zero-order valence-corrected chi connectivity index (χ0v) is 37.8. The van der Waals surface area contributed by atoms with Crippen LogP contribution in [0.3, 0.4) is 0 Å². The van der Waals surface area contributed by atoms with Crippen molar-refractivity contribution < 1.29 is 23.8 Å². The van der Waals surface area contributed by atoms with Crippen molar-refractivity contribution in [1.29, 1.82) is 0 Å². The smallest absolute Gasteiger partial charge is 0.306 e. The van der Waals surface area contributed by atoms with Crippen LogP contribution in [0.2, 0.25) is 0 Å². The zero-order valence-electron chi connectivity index (χ0n) is 37.8. The summed E-state index contributed by atoms with van der Waals surface area (Å²) in [6.07, 6.45) is 64.2. The Labute approximate surface area is 358 Å². The van der Waals surface area contributed by atoms with Crippen LogP contribution in [0.4, 0.5) is 0 Å². The molecule has 0 spiro atoms. The molecule has 0 aliphatic heterocycles. The summed E-state index contributed by atoms with van der Waals surface area (Å²) in [7, 11) is 0. The zero-order chi connectivity index (χ0) is 42.1. The third kappa shape index (κ3) is 45.5. The van der Waals surface area contributed by atoms with Crippen molar-refractivity contribution in [1.82, 2.24) is 0 Å². The first-order valence-electron chi connectivity index (χ1n) is 23.8. The molecular formula is C53H88O5. The van der Waals surface area contributed by atoms with Crippen molar-refractivity contribution in [3.05, 3.63) is 97.2 Å². The lowest BCUT2D eigenvalue weighted by Crippen LogP contribution is -2.30. The van der Waals surface area contributed by atoms with Gasteiger partial charge in [-0.05, 0) is 96.3 Å². The quantitative estimate of drug-likeness (QED) is 0.0349. The van der Waals surface area contributed by atoms with Gasteiger partial charge in [-0.2, -0.15) is 0 Å². The minimum atomic E-state index is -0.585. The number of unbranched alkanes of at least 4 members (excludes halogenated alkanes) is 15. The number of carbonyl (C=O) groups is 2. The molecule has 0 aromatic carbocycles. The summed E-state index contributed by atoms with van der Waals surface area (Å²) in [6, 6.07) is 0. The molecule has 0 aliphatic rings. The molecule has 0 fully saturated rings. The average Bonchev–Trinajstić information content (AvgIpc) is 3.22. The maximum Gasteiger partial charge on any atom is 0.306 e. The molecule has 0 saturated carbocycles. The van der Waals surface area contributed by atoms with Crippen LogP contribution in [0.25, 0.3) is 0 Å². The van der Waals surface area contributed by atoms with Gasteiger partial charge in [-0.25, -0.2) is 0 Å². The molecular weight excluding hydrogens is 717 g/mol. The van der Waals surface area contributed by atoms with E-state index in [1.165, 1.54) is 77.0 Å². The Bertz CT molecular complexity index is 1140. The molecule has 0 saturated heterocycles. The van der Waals surface area contributed by atoms with Crippen molar-refractivity contribution in [2.45, 2.75) is 207 Å². The fourth-order valence-corrected chi connectivity index (χ4v) is 6.11. The molecule has 0 amide bonds. The summed E-state index contributed by atoms with van der Waals surface area (Å²) in [5.74, 6) is -0.511. The Morgan fingerprint density at radius 1 is 0.397 bits per heavy atom. The van der Waals surface area contributed by atoms with Crippen molar-refractivity contribution in [3.63, 3.8) is 0 Å². The second kappa shape index (κ2) is 48.2. The topological polar surface area (TPSA) is 61.8 Å². The molecule has 0 aromatic heterocycles. The van der Waals surface area contributed by atoms with E-state index in [1.54, 1.807) is 0 Å². The van der Waals surface area contributed by atoms with Crippen LogP contribution in [0.5, 0.6) is 0 Å². The van der Waals surface area contributed by atoms with E-state index in [9.17, 15) is 9.59 Å². The predicted molar refractivity (Wildman–Crippen MR) is 251 cm³/mol. The number of rotatable bonds is 42. The van der Waals surface area contributed by atoms with Crippen LogP contribution in [-0.2, 0) is 23.8 Å². The largest absolute Gasteiger partial charge is 0.462 e. The minimum absolute atomic E-state index is 0.0441. The highest BCUT2D eigenvalue weighted by molar-refractivity contribution is 5.70. The first-order valence-corrected chi connectivity index (χ1v) is 23.8. The summed E-state index contributed by atoms with van der Waals surface area (Å²) < 4.78 is 17.3. The highest BCUT2D eigenvalue weighted by atomic mass is 16.6. The number of hydrogen-bond donors (Lipinski definition) is 0. The summed E-state index contributed by atoms with van der Waals surface area (Å²) >= 11 is 0. The Kier molecular flexibility index (Phi) is 45.5. The van der Waals surface area contributed by atoms with Crippen molar-refractivity contribution in [3.8, 4) is 0 Å². The molecule has 0 bridgehead atoms. The highest BCUT2D eigenvalue weighted by Gasteiger charge is 2.17. The van der Waals surface area contributed by atoms with E-state index in [2.05, 4.69) is 112 Å². The highest BCUT2D eigenvalue weighted by Crippen LogP contribution is 2.12. The van der Waals surface area contributed by atoms with Gasteiger partial charge in [-0.3, -0.25) is 9.59 Å². The van der Waals surface area contributed by atoms with E-state index < -0.39 is 6.10 Å². The lowest BCUT2D eigenvalue weighted by molar-refractivity contribution is -0.162. The number of esters is 2. The van der Waals surface area contributed by atoms with E-state index in [0.29, 0.717) is 25.9 Å². The lowest BCUT2D eigenvalue weighted by atomic mass is 10.1. The van der Waals surface area contributed by atoms with Gasteiger partial charge in [-0.15, -0.1) is 0 Å². The third-order valence-electron chi connectivity index (χ3n) is 9.60. The fourth-order valence-electron chi connectivity index (χ4n) is 6.11. The maximum atomic E-state index is 12.7. The van der Waals surface area contributed by atoms with Gasteiger partial charge >= 0.3 is 11.9 Å². The van der Waals surface area contributed by atoms with Gasteiger partial charge < -0.3 is 14.2 Å². The average molecular weight is 805 g/mol. The monoisotopic (exact) mass is 805 g/mol. The van der Waals surface area contributed by atoms with E-state index in [1.807, 2.05) is 6.08 Å². The normalized spacial score (nSPS) is 13.1. The Hall–Kier alpha value is -3.18. The molecule has 0 N–H and O–H groups in total. The number of hydrogen-bond acceptors (Lipinski definition) is 5. The third-order valence-corrected chi connectivity index (χ3v) is 9.60. The van der Waals surface area contributed by atoms with Crippen molar-refractivity contribution in [2.75, 3.05) is 19.8 Å². The lowest BCUT2D eigenvalue weighted by Gasteiger charge is -2.18. The van der Waals surface area contributed by atoms with Crippen molar-refractivity contribution in [2.24, 2.45) is 0 Å². The molecule has 0 aromatic rings. The molecule has 0 aliphatic carbocycles. The number of ether oxygens (including phenoxy) is 3. The number of allylic oxidation sites excluding steroid dienone is 16. The van der Waals surface area contributed by atoms with Crippen LogP contribution < -0.4 is 0 Å². The van der Waals surface area contributed by atoms with Crippen LogP contribution in [0, 0.1) is 0 Å².